The average molecular weight is 296 g/mol. The van der Waals surface area contributed by atoms with Gasteiger partial charge in [0, 0.05) is 22.5 Å². The molecule has 2 aromatic carbocycles. The predicted molar refractivity (Wildman–Crippen MR) is 79.9 cm³/mol. The first-order valence-corrected chi connectivity index (χ1v) is 6.81. The maximum Gasteiger partial charge on any atom is 0.119 e. The summed E-state index contributed by atoms with van der Waals surface area (Å²) in [4.78, 5) is 0. The van der Waals surface area contributed by atoms with Gasteiger partial charge in [-0.1, -0.05) is 41.4 Å². The van der Waals surface area contributed by atoms with Crippen LogP contribution in [-0.2, 0) is 0 Å². The predicted octanol–water partition coefficient (Wildman–Crippen LogP) is 4.46. The highest BCUT2D eigenvalue weighted by molar-refractivity contribution is 6.33. The number of nitrogens with two attached hydrogens (primary N) is 1. The Bertz CT molecular complexity index is 531. The Morgan fingerprint density at radius 1 is 1.05 bits per heavy atom. The van der Waals surface area contributed by atoms with Gasteiger partial charge in [0.2, 0.25) is 0 Å². The summed E-state index contributed by atoms with van der Waals surface area (Å²) in [6.45, 7) is 0.536. The molecule has 2 aromatic rings. The van der Waals surface area contributed by atoms with Gasteiger partial charge in [-0.05, 0) is 35.9 Å². The fraction of sp³-hybridized carbons (Fsp3) is 0.200. The van der Waals surface area contributed by atoms with Gasteiger partial charge < -0.3 is 10.5 Å². The second-order valence-corrected chi connectivity index (χ2v) is 5.07. The van der Waals surface area contributed by atoms with Gasteiger partial charge in [0.25, 0.3) is 0 Å². The van der Waals surface area contributed by atoms with E-state index in [2.05, 4.69) is 0 Å². The summed E-state index contributed by atoms with van der Waals surface area (Å²) in [5, 5.41) is 1.27. The molecule has 19 heavy (non-hydrogen) atoms. The number of ether oxygens (including phenoxy) is 1. The van der Waals surface area contributed by atoms with Crippen LogP contribution in [0.3, 0.4) is 0 Å². The fourth-order valence-corrected chi connectivity index (χ4v) is 2.21. The first kappa shape index (κ1) is 14.2. The van der Waals surface area contributed by atoms with Crippen LogP contribution in [0.2, 0.25) is 10.0 Å². The number of hydrogen-bond acceptors (Lipinski definition) is 2. The third-order valence-electron chi connectivity index (χ3n) is 2.80. The molecule has 0 saturated carbocycles. The second-order valence-electron chi connectivity index (χ2n) is 4.22. The molecule has 0 aliphatic rings. The molecule has 0 saturated heterocycles. The van der Waals surface area contributed by atoms with Gasteiger partial charge in [0.1, 0.15) is 5.75 Å². The van der Waals surface area contributed by atoms with E-state index in [9.17, 15) is 0 Å². The highest BCUT2D eigenvalue weighted by Gasteiger charge is 2.11. The normalized spacial score (nSPS) is 12.2. The van der Waals surface area contributed by atoms with Gasteiger partial charge in [-0.2, -0.15) is 0 Å². The minimum absolute atomic E-state index is 0.185. The fourth-order valence-electron chi connectivity index (χ4n) is 1.77. The van der Waals surface area contributed by atoms with E-state index in [-0.39, 0.29) is 6.04 Å². The van der Waals surface area contributed by atoms with Crippen LogP contribution in [0.5, 0.6) is 5.75 Å². The van der Waals surface area contributed by atoms with E-state index in [1.165, 1.54) is 0 Å². The van der Waals surface area contributed by atoms with Crippen LogP contribution in [0.4, 0.5) is 0 Å². The molecular weight excluding hydrogens is 281 g/mol. The van der Waals surface area contributed by atoms with Crippen molar-refractivity contribution in [1.82, 2.24) is 0 Å². The lowest BCUT2D eigenvalue weighted by Crippen LogP contribution is -2.14. The monoisotopic (exact) mass is 295 g/mol. The molecule has 0 aromatic heterocycles. The number of hydrogen-bond donors (Lipinski definition) is 1. The molecule has 0 aliphatic heterocycles. The molecule has 2 rings (SSSR count). The maximum atomic E-state index is 6.11. The number of benzene rings is 2. The van der Waals surface area contributed by atoms with E-state index in [4.69, 9.17) is 33.7 Å². The molecule has 2 N–H and O–H groups in total. The maximum absolute atomic E-state index is 6.11. The van der Waals surface area contributed by atoms with E-state index in [0.717, 1.165) is 11.3 Å². The van der Waals surface area contributed by atoms with Gasteiger partial charge in [0.15, 0.2) is 0 Å². The Morgan fingerprint density at radius 2 is 1.79 bits per heavy atom. The van der Waals surface area contributed by atoms with Gasteiger partial charge in [0.05, 0.1) is 6.61 Å². The molecule has 0 fully saturated rings. The standard InChI is InChI=1S/C15H15Cl2NO/c16-11-6-7-14(17)13(10-11)15(18)8-9-19-12-4-2-1-3-5-12/h1-7,10,15H,8-9,18H2. The molecule has 1 atom stereocenters. The highest BCUT2D eigenvalue weighted by atomic mass is 35.5. The molecule has 4 heteroatoms. The SMILES string of the molecule is NC(CCOc1ccccc1)c1cc(Cl)ccc1Cl. The van der Waals surface area contributed by atoms with Crippen LogP contribution in [0.1, 0.15) is 18.0 Å². The van der Waals surface area contributed by atoms with Crippen molar-refractivity contribution in [3.05, 3.63) is 64.1 Å². The van der Waals surface area contributed by atoms with Crippen molar-refractivity contribution in [2.24, 2.45) is 5.73 Å². The summed E-state index contributed by atoms with van der Waals surface area (Å²) < 4.78 is 5.61. The molecule has 2 nitrogen and oxygen atoms in total. The first-order chi connectivity index (χ1) is 9.16. The summed E-state index contributed by atoms with van der Waals surface area (Å²) in [5.74, 6) is 0.840. The van der Waals surface area contributed by atoms with E-state index in [1.54, 1.807) is 18.2 Å². The molecule has 0 amide bonds. The van der Waals surface area contributed by atoms with Crippen molar-refractivity contribution in [1.29, 1.82) is 0 Å². The van der Waals surface area contributed by atoms with Gasteiger partial charge in [-0.15, -0.1) is 0 Å². The molecule has 0 spiro atoms. The van der Waals surface area contributed by atoms with Gasteiger partial charge in [-0.3, -0.25) is 0 Å². The zero-order valence-electron chi connectivity index (χ0n) is 10.4. The smallest absolute Gasteiger partial charge is 0.119 e. The van der Waals surface area contributed by atoms with E-state index >= 15 is 0 Å². The Morgan fingerprint density at radius 3 is 2.53 bits per heavy atom. The zero-order valence-corrected chi connectivity index (χ0v) is 11.9. The molecular formula is C15H15Cl2NO. The average Bonchev–Trinajstić information content (AvgIpc) is 2.42. The van der Waals surface area contributed by atoms with Crippen LogP contribution in [0, 0.1) is 0 Å². The minimum atomic E-state index is -0.185. The van der Waals surface area contributed by atoms with Crippen molar-refractivity contribution < 1.29 is 4.74 Å². The summed E-state index contributed by atoms with van der Waals surface area (Å²) in [6, 6.07) is 14.8. The van der Waals surface area contributed by atoms with Crippen LogP contribution in [-0.4, -0.2) is 6.61 Å². The van der Waals surface area contributed by atoms with Crippen molar-refractivity contribution >= 4 is 23.2 Å². The summed E-state index contributed by atoms with van der Waals surface area (Å²) >= 11 is 12.1. The molecule has 0 aliphatic carbocycles. The van der Waals surface area contributed by atoms with E-state index < -0.39 is 0 Å². The van der Waals surface area contributed by atoms with Gasteiger partial charge >= 0.3 is 0 Å². The van der Waals surface area contributed by atoms with Crippen LogP contribution < -0.4 is 10.5 Å². The second kappa shape index (κ2) is 6.80. The first-order valence-electron chi connectivity index (χ1n) is 6.05. The lowest BCUT2D eigenvalue weighted by atomic mass is 10.1. The molecule has 1 unspecified atom stereocenters. The Kier molecular flexibility index (Phi) is 5.08. The Labute approximate surface area is 123 Å². The number of para-hydroxylation sites is 1. The number of rotatable bonds is 5. The molecule has 100 valence electrons. The van der Waals surface area contributed by atoms with E-state index in [1.807, 2.05) is 30.3 Å². The number of halogens is 2. The Balaban J connectivity index is 1.91. The molecule has 0 heterocycles. The van der Waals surface area contributed by atoms with Crippen molar-refractivity contribution in [3.63, 3.8) is 0 Å². The summed E-state index contributed by atoms with van der Waals surface area (Å²) in [7, 11) is 0. The van der Waals surface area contributed by atoms with E-state index in [0.29, 0.717) is 23.1 Å². The third kappa shape index (κ3) is 4.13. The quantitative estimate of drug-likeness (QED) is 0.884. The minimum Gasteiger partial charge on any atom is -0.494 e. The van der Waals surface area contributed by atoms with Crippen molar-refractivity contribution in [2.75, 3.05) is 6.61 Å². The van der Waals surface area contributed by atoms with Gasteiger partial charge in [-0.25, -0.2) is 0 Å². The Hall–Kier alpha value is -1.22. The third-order valence-corrected chi connectivity index (χ3v) is 3.38. The van der Waals surface area contributed by atoms with Crippen molar-refractivity contribution in [3.8, 4) is 5.75 Å². The lowest BCUT2D eigenvalue weighted by molar-refractivity contribution is 0.298. The highest BCUT2D eigenvalue weighted by Crippen LogP contribution is 2.26. The molecule has 0 radical (unpaired) electrons. The largest absolute Gasteiger partial charge is 0.494 e. The topological polar surface area (TPSA) is 35.2 Å². The molecule has 0 bridgehead atoms. The zero-order chi connectivity index (χ0) is 13.7. The van der Waals surface area contributed by atoms with Crippen LogP contribution in [0.25, 0.3) is 0 Å². The van der Waals surface area contributed by atoms with Crippen LogP contribution >= 0.6 is 23.2 Å². The lowest BCUT2D eigenvalue weighted by Gasteiger charge is -2.14. The summed E-state index contributed by atoms with van der Waals surface area (Å²) in [6.07, 6.45) is 0.676. The summed E-state index contributed by atoms with van der Waals surface area (Å²) in [5.41, 5.74) is 6.96. The van der Waals surface area contributed by atoms with Crippen LogP contribution in [0.15, 0.2) is 48.5 Å². The van der Waals surface area contributed by atoms with Crippen molar-refractivity contribution in [2.45, 2.75) is 12.5 Å².